The van der Waals surface area contributed by atoms with Crippen LogP contribution in [0.1, 0.15) is 18.5 Å². The van der Waals surface area contributed by atoms with Gasteiger partial charge in [0.1, 0.15) is 0 Å². The van der Waals surface area contributed by atoms with Gasteiger partial charge in [0.05, 0.1) is 22.3 Å². The van der Waals surface area contributed by atoms with Crippen molar-refractivity contribution in [3.05, 3.63) is 76.3 Å². The topological polar surface area (TPSA) is 41.1 Å². The highest BCUT2D eigenvalue weighted by Crippen LogP contribution is 2.29. The SMILES string of the molecule is C[C@H](NCC(=O)Nc1c(Cl)cccc1Cl)c1cccc2ccccc12. The number of hydrogen-bond acceptors (Lipinski definition) is 2. The lowest BCUT2D eigenvalue weighted by Gasteiger charge is -2.17. The first-order chi connectivity index (χ1) is 12.1. The molecule has 3 rings (SSSR count). The lowest BCUT2D eigenvalue weighted by molar-refractivity contribution is -0.115. The van der Waals surface area contributed by atoms with Crippen LogP contribution in [0.15, 0.2) is 60.7 Å². The van der Waals surface area contributed by atoms with E-state index in [1.54, 1.807) is 18.2 Å². The molecule has 0 fully saturated rings. The molecule has 0 spiro atoms. The molecule has 0 heterocycles. The van der Waals surface area contributed by atoms with Gasteiger partial charge in [0.2, 0.25) is 5.91 Å². The molecule has 0 radical (unpaired) electrons. The second kappa shape index (κ2) is 7.87. The second-order valence-corrected chi connectivity index (χ2v) is 6.63. The molecule has 0 aromatic heterocycles. The minimum Gasteiger partial charge on any atom is -0.322 e. The number of halogens is 2. The van der Waals surface area contributed by atoms with Crippen LogP contribution in [0.2, 0.25) is 10.0 Å². The molecule has 0 bridgehead atoms. The number of nitrogens with one attached hydrogen (secondary N) is 2. The first-order valence-electron chi connectivity index (χ1n) is 8.01. The van der Waals surface area contributed by atoms with Crippen molar-refractivity contribution >= 4 is 45.6 Å². The molecule has 2 N–H and O–H groups in total. The average Bonchev–Trinajstić information content (AvgIpc) is 2.62. The van der Waals surface area contributed by atoms with Crippen molar-refractivity contribution in [2.24, 2.45) is 0 Å². The van der Waals surface area contributed by atoms with E-state index in [2.05, 4.69) is 34.9 Å². The van der Waals surface area contributed by atoms with E-state index >= 15 is 0 Å². The van der Waals surface area contributed by atoms with E-state index in [4.69, 9.17) is 23.2 Å². The minimum atomic E-state index is -0.193. The number of carbonyl (C=O) groups excluding carboxylic acids is 1. The van der Waals surface area contributed by atoms with E-state index in [-0.39, 0.29) is 18.5 Å². The molecule has 0 aliphatic rings. The molecule has 3 aromatic carbocycles. The number of para-hydroxylation sites is 1. The Hall–Kier alpha value is -2.07. The van der Waals surface area contributed by atoms with Crippen LogP contribution in [0.25, 0.3) is 10.8 Å². The van der Waals surface area contributed by atoms with E-state index in [0.717, 1.165) is 5.56 Å². The second-order valence-electron chi connectivity index (χ2n) is 5.82. The molecule has 0 saturated heterocycles. The van der Waals surface area contributed by atoms with Crippen molar-refractivity contribution in [2.75, 3.05) is 11.9 Å². The smallest absolute Gasteiger partial charge is 0.238 e. The first kappa shape index (κ1) is 17.7. The summed E-state index contributed by atoms with van der Waals surface area (Å²) in [5.74, 6) is -0.193. The summed E-state index contributed by atoms with van der Waals surface area (Å²) >= 11 is 12.2. The normalized spacial score (nSPS) is 12.1. The molecule has 0 saturated carbocycles. The highest BCUT2D eigenvalue weighted by Gasteiger charge is 2.13. The zero-order valence-electron chi connectivity index (χ0n) is 13.7. The maximum Gasteiger partial charge on any atom is 0.238 e. The standard InChI is InChI=1S/C20H18Cl2N2O/c1-13(15-9-4-7-14-6-2-3-8-16(14)15)23-12-19(25)24-20-17(21)10-5-11-18(20)22/h2-11,13,23H,12H2,1H3,(H,24,25)/t13-/m0/s1. The van der Waals surface area contributed by atoms with Crippen molar-refractivity contribution in [2.45, 2.75) is 13.0 Å². The summed E-state index contributed by atoms with van der Waals surface area (Å²) in [5, 5.41) is 9.21. The number of rotatable bonds is 5. The van der Waals surface area contributed by atoms with Crippen LogP contribution in [0.4, 0.5) is 5.69 Å². The lowest BCUT2D eigenvalue weighted by Crippen LogP contribution is -2.30. The summed E-state index contributed by atoms with van der Waals surface area (Å²) in [6.07, 6.45) is 0. The fourth-order valence-corrected chi connectivity index (χ4v) is 3.28. The summed E-state index contributed by atoms with van der Waals surface area (Å²) in [6.45, 7) is 2.20. The Morgan fingerprint density at radius 1 is 0.960 bits per heavy atom. The van der Waals surface area contributed by atoms with Crippen molar-refractivity contribution < 1.29 is 4.79 Å². The molecule has 3 nitrogen and oxygen atoms in total. The Morgan fingerprint density at radius 2 is 1.60 bits per heavy atom. The van der Waals surface area contributed by atoms with E-state index in [9.17, 15) is 4.79 Å². The van der Waals surface area contributed by atoms with E-state index < -0.39 is 0 Å². The number of hydrogen-bond donors (Lipinski definition) is 2. The van der Waals surface area contributed by atoms with Crippen LogP contribution < -0.4 is 10.6 Å². The van der Waals surface area contributed by atoms with Gasteiger partial charge in [-0.3, -0.25) is 4.79 Å². The lowest BCUT2D eigenvalue weighted by atomic mass is 10.00. The van der Waals surface area contributed by atoms with Crippen LogP contribution in [-0.2, 0) is 4.79 Å². The minimum absolute atomic E-state index is 0.0265. The van der Waals surface area contributed by atoms with Gasteiger partial charge in [0, 0.05) is 6.04 Å². The third-order valence-corrected chi connectivity index (χ3v) is 4.72. The van der Waals surface area contributed by atoms with Crippen LogP contribution in [0, 0.1) is 0 Å². The first-order valence-corrected chi connectivity index (χ1v) is 8.77. The third kappa shape index (κ3) is 4.13. The largest absolute Gasteiger partial charge is 0.322 e. The van der Waals surface area contributed by atoms with Crippen molar-refractivity contribution in [1.29, 1.82) is 0 Å². The highest BCUT2D eigenvalue weighted by atomic mass is 35.5. The molecule has 0 aliphatic carbocycles. The molecular formula is C20H18Cl2N2O. The van der Waals surface area contributed by atoms with Gasteiger partial charge in [0.15, 0.2) is 0 Å². The van der Waals surface area contributed by atoms with E-state index in [0.29, 0.717) is 15.7 Å². The Bertz CT molecular complexity index is 886. The van der Waals surface area contributed by atoms with E-state index in [1.807, 2.05) is 25.1 Å². The van der Waals surface area contributed by atoms with Gasteiger partial charge in [-0.2, -0.15) is 0 Å². The highest BCUT2D eigenvalue weighted by molar-refractivity contribution is 6.39. The maximum absolute atomic E-state index is 12.2. The van der Waals surface area contributed by atoms with Gasteiger partial charge in [-0.05, 0) is 35.4 Å². The van der Waals surface area contributed by atoms with Gasteiger partial charge >= 0.3 is 0 Å². The van der Waals surface area contributed by atoms with Gasteiger partial charge in [-0.15, -0.1) is 0 Å². The van der Waals surface area contributed by atoms with Crippen LogP contribution in [0.5, 0.6) is 0 Å². The van der Waals surface area contributed by atoms with E-state index in [1.165, 1.54) is 10.8 Å². The fraction of sp³-hybridized carbons (Fsp3) is 0.150. The van der Waals surface area contributed by atoms with Gasteiger partial charge in [0.25, 0.3) is 0 Å². The molecule has 3 aromatic rings. The summed E-state index contributed by atoms with van der Waals surface area (Å²) < 4.78 is 0. The van der Waals surface area contributed by atoms with Crippen LogP contribution in [0.3, 0.4) is 0 Å². The van der Waals surface area contributed by atoms with Crippen molar-refractivity contribution in [3.8, 4) is 0 Å². The number of fused-ring (bicyclic) bond motifs is 1. The van der Waals surface area contributed by atoms with Gasteiger partial charge in [-0.1, -0.05) is 71.7 Å². The number of amides is 1. The molecule has 1 amide bonds. The van der Waals surface area contributed by atoms with Crippen LogP contribution in [-0.4, -0.2) is 12.5 Å². The summed E-state index contributed by atoms with van der Waals surface area (Å²) in [5.41, 5.74) is 1.59. The summed E-state index contributed by atoms with van der Waals surface area (Å²) in [4.78, 5) is 12.2. The quantitative estimate of drug-likeness (QED) is 0.626. The molecule has 0 unspecified atom stereocenters. The molecule has 128 valence electrons. The zero-order valence-corrected chi connectivity index (χ0v) is 15.2. The number of anilines is 1. The Labute approximate surface area is 156 Å². The fourth-order valence-electron chi connectivity index (χ4n) is 2.78. The molecule has 5 heteroatoms. The summed E-state index contributed by atoms with van der Waals surface area (Å²) in [7, 11) is 0. The monoisotopic (exact) mass is 372 g/mol. The molecular weight excluding hydrogens is 355 g/mol. The summed E-state index contributed by atoms with van der Waals surface area (Å²) in [6, 6.07) is 19.5. The molecule has 1 atom stereocenters. The maximum atomic E-state index is 12.2. The van der Waals surface area contributed by atoms with Gasteiger partial charge in [-0.25, -0.2) is 0 Å². The Balaban J connectivity index is 1.67. The molecule has 0 aliphatic heterocycles. The molecule has 25 heavy (non-hydrogen) atoms. The third-order valence-electron chi connectivity index (χ3n) is 4.09. The Kier molecular flexibility index (Phi) is 5.59. The number of carbonyl (C=O) groups is 1. The number of benzene rings is 3. The Morgan fingerprint density at radius 3 is 2.36 bits per heavy atom. The van der Waals surface area contributed by atoms with Crippen molar-refractivity contribution in [3.63, 3.8) is 0 Å². The average molecular weight is 373 g/mol. The van der Waals surface area contributed by atoms with Crippen LogP contribution >= 0.6 is 23.2 Å². The van der Waals surface area contributed by atoms with Gasteiger partial charge < -0.3 is 10.6 Å². The zero-order chi connectivity index (χ0) is 17.8. The predicted molar refractivity (Wildman–Crippen MR) is 105 cm³/mol. The van der Waals surface area contributed by atoms with Crippen molar-refractivity contribution in [1.82, 2.24) is 5.32 Å². The predicted octanol–water partition coefficient (Wildman–Crippen LogP) is 5.44.